The molecular formula is C26H26O6S2. The van der Waals surface area contributed by atoms with Crippen LogP contribution in [-0.4, -0.2) is 26.6 Å². The van der Waals surface area contributed by atoms with Crippen LogP contribution in [0.15, 0.2) is 65.6 Å². The molecule has 0 saturated heterocycles. The summed E-state index contributed by atoms with van der Waals surface area (Å²) in [5.74, 6) is -0.564. The maximum atomic E-state index is 13.7. The summed E-state index contributed by atoms with van der Waals surface area (Å²) in [5.41, 5.74) is 4.97. The summed E-state index contributed by atoms with van der Waals surface area (Å²) in [6.45, 7) is 5.11. The quantitative estimate of drug-likeness (QED) is 0.387. The number of hydrogen-bond donors (Lipinski definition) is 1. The predicted octanol–water partition coefficient (Wildman–Crippen LogP) is 5.12. The Bertz CT molecular complexity index is 1460. The molecule has 0 heterocycles. The van der Waals surface area contributed by atoms with E-state index in [1.54, 1.807) is 20.8 Å². The van der Waals surface area contributed by atoms with Gasteiger partial charge in [0.05, 0.1) is 4.90 Å². The number of rotatable bonds is 5. The number of fused-ring (bicyclic) bond motifs is 1. The molecule has 34 heavy (non-hydrogen) atoms. The largest absolute Gasteiger partial charge is 0.382 e. The second-order valence-electron chi connectivity index (χ2n) is 9.42. The Labute approximate surface area is 200 Å². The lowest BCUT2D eigenvalue weighted by atomic mass is 9.63. The van der Waals surface area contributed by atoms with Crippen LogP contribution in [0.1, 0.15) is 71.4 Å². The molecule has 3 aromatic rings. The smallest absolute Gasteiger partial charge is 0.313 e. The van der Waals surface area contributed by atoms with Gasteiger partial charge in [-0.05, 0) is 64.8 Å². The van der Waals surface area contributed by atoms with Crippen molar-refractivity contribution in [3.8, 4) is 5.75 Å². The van der Waals surface area contributed by atoms with E-state index in [9.17, 15) is 21.4 Å². The van der Waals surface area contributed by atoms with E-state index >= 15 is 0 Å². The van der Waals surface area contributed by atoms with Crippen LogP contribution in [0.5, 0.6) is 5.75 Å². The molecule has 6 rings (SSSR count). The van der Waals surface area contributed by atoms with E-state index in [0.29, 0.717) is 17.5 Å². The van der Waals surface area contributed by atoms with Crippen molar-refractivity contribution in [3.05, 3.63) is 94.0 Å². The fourth-order valence-corrected chi connectivity index (χ4v) is 8.02. The highest BCUT2D eigenvalue weighted by molar-refractivity contribution is 7.87. The summed E-state index contributed by atoms with van der Waals surface area (Å²) < 4.78 is 66.5. The number of benzene rings is 3. The molecular weight excluding hydrogens is 472 g/mol. The fraction of sp³-hybridized carbons (Fsp3) is 0.308. The molecule has 3 aromatic carbocycles. The van der Waals surface area contributed by atoms with E-state index in [0.717, 1.165) is 22.3 Å². The first kappa shape index (κ1) is 23.1. The number of hydrogen-bond acceptors (Lipinski definition) is 5. The zero-order valence-electron chi connectivity index (χ0n) is 19.1. The van der Waals surface area contributed by atoms with Gasteiger partial charge in [0, 0.05) is 11.8 Å². The average molecular weight is 499 g/mol. The Balaban J connectivity index is 1.59. The summed E-state index contributed by atoms with van der Waals surface area (Å²) in [4.78, 5) is -0.232. The van der Waals surface area contributed by atoms with Crippen molar-refractivity contribution in [2.24, 2.45) is 0 Å². The van der Waals surface area contributed by atoms with E-state index in [4.69, 9.17) is 4.18 Å². The van der Waals surface area contributed by atoms with E-state index in [1.165, 1.54) is 12.1 Å². The molecule has 0 amide bonds. The third-order valence-corrected chi connectivity index (χ3v) is 9.56. The summed E-state index contributed by atoms with van der Waals surface area (Å²) in [6.07, 6.45) is 0.417. The lowest BCUT2D eigenvalue weighted by Gasteiger charge is -2.44. The first-order valence-corrected chi connectivity index (χ1v) is 14.1. The predicted molar refractivity (Wildman–Crippen MR) is 130 cm³/mol. The second kappa shape index (κ2) is 7.93. The first-order chi connectivity index (χ1) is 16.0. The minimum atomic E-state index is -4.46. The minimum absolute atomic E-state index is 0.0324. The van der Waals surface area contributed by atoms with Gasteiger partial charge in [0.25, 0.3) is 10.1 Å². The summed E-state index contributed by atoms with van der Waals surface area (Å²) >= 11 is 0. The Hall–Kier alpha value is -2.68. The molecule has 2 bridgehead atoms. The van der Waals surface area contributed by atoms with Crippen molar-refractivity contribution in [3.63, 3.8) is 0 Å². The molecule has 0 fully saturated rings. The lowest BCUT2D eigenvalue weighted by Crippen LogP contribution is -2.42. The molecule has 1 N–H and O–H groups in total. The Morgan fingerprint density at radius 3 is 1.91 bits per heavy atom. The standard InChI is InChI=1S/C26H26O6S2/c1-15(2)21-13-23(16(3)12-24(21)33(27,28)29)32-34(30,31)25-14-22-17-8-4-6-10-19(17)26(25)20-11-7-5-9-18(20)22/h4-13,15,22,25-26H,14H2,1-3H3,(H,27,28,29). The molecule has 3 aliphatic rings. The van der Waals surface area contributed by atoms with Crippen molar-refractivity contribution < 1.29 is 25.6 Å². The van der Waals surface area contributed by atoms with Gasteiger partial charge in [-0.1, -0.05) is 62.4 Å². The van der Waals surface area contributed by atoms with Gasteiger partial charge < -0.3 is 4.18 Å². The van der Waals surface area contributed by atoms with E-state index in [2.05, 4.69) is 12.1 Å². The van der Waals surface area contributed by atoms with Gasteiger partial charge >= 0.3 is 10.1 Å². The van der Waals surface area contributed by atoms with Gasteiger partial charge in [-0.15, -0.1) is 0 Å². The van der Waals surface area contributed by atoms with Crippen molar-refractivity contribution in [1.82, 2.24) is 0 Å². The van der Waals surface area contributed by atoms with E-state index < -0.39 is 25.5 Å². The lowest BCUT2D eigenvalue weighted by molar-refractivity contribution is 0.429. The topological polar surface area (TPSA) is 97.7 Å². The highest BCUT2D eigenvalue weighted by Crippen LogP contribution is 2.54. The molecule has 3 aliphatic carbocycles. The zero-order chi connectivity index (χ0) is 24.4. The normalized spacial score (nSPS) is 21.3. The van der Waals surface area contributed by atoms with Crippen molar-refractivity contribution in [1.29, 1.82) is 0 Å². The monoisotopic (exact) mass is 498 g/mol. The zero-order valence-corrected chi connectivity index (χ0v) is 20.7. The van der Waals surface area contributed by atoms with Gasteiger partial charge in [-0.2, -0.15) is 16.8 Å². The van der Waals surface area contributed by atoms with Crippen LogP contribution in [0, 0.1) is 6.92 Å². The van der Waals surface area contributed by atoms with Gasteiger partial charge in [0.15, 0.2) is 0 Å². The third kappa shape index (κ3) is 3.65. The molecule has 0 aliphatic heterocycles. The molecule has 6 nitrogen and oxygen atoms in total. The maximum Gasteiger partial charge on any atom is 0.313 e. The Morgan fingerprint density at radius 2 is 1.41 bits per heavy atom. The van der Waals surface area contributed by atoms with Gasteiger partial charge in [0.1, 0.15) is 11.0 Å². The van der Waals surface area contributed by atoms with Gasteiger partial charge in [-0.3, -0.25) is 4.55 Å². The van der Waals surface area contributed by atoms with E-state index in [-0.39, 0.29) is 28.4 Å². The Morgan fingerprint density at radius 1 is 0.882 bits per heavy atom. The molecule has 1 unspecified atom stereocenters. The van der Waals surface area contributed by atoms with Crippen molar-refractivity contribution in [2.45, 2.75) is 55.1 Å². The molecule has 0 spiro atoms. The highest BCUT2D eigenvalue weighted by Gasteiger charge is 2.49. The van der Waals surface area contributed by atoms with Crippen LogP contribution in [0.25, 0.3) is 0 Å². The van der Waals surface area contributed by atoms with E-state index in [1.807, 2.05) is 36.4 Å². The molecule has 178 valence electrons. The van der Waals surface area contributed by atoms with Crippen LogP contribution in [0.4, 0.5) is 0 Å². The highest BCUT2D eigenvalue weighted by atomic mass is 32.2. The summed E-state index contributed by atoms with van der Waals surface area (Å²) in [6, 6.07) is 18.6. The van der Waals surface area contributed by atoms with Gasteiger partial charge in [-0.25, -0.2) is 0 Å². The summed E-state index contributed by atoms with van der Waals surface area (Å²) in [7, 11) is -8.54. The van der Waals surface area contributed by atoms with Crippen molar-refractivity contribution >= 4 is 20.2 Å². The minimum Gasteiger partial charge on any atom is -0.382 e. The fourth-order valence-electron chi connectivity index (χ4n) is 5.49. The molecule has 0 saturated carbocycles. The van der Waals surface area contributed by atoms with Crippen molar-refractivity contribution in [2.75, 3.05) is 0 Å². The maximum absolute atomic E-state index is 13.7. The van der Waals surface area contributed by atoms with Crippen LogP contribution >= 0.6 is 0 Å². The second-order valence-corrected chi connectivity index (χ2v) is 12.6. The molecule has 1 atom stereocenters. The molecule has 0 radical (unpaired) electrons. The molecule has 0 aromatic heterocycles. The number of aryl methyl sites for hydroxylation is 1. The Kier molecular flexibility index (Phi) is 5.39. The van der Waals surface area contributed by atoms with Crippen LogP contribution in [0.2, 0.25) is 0 Å². The van der Waals surface area contributed by atoms with Gasteiger partial charge in [0.2, 0.25) is 0 Å². The molecule has 8 heteroatoms. The van der Waals surface area contributed by atoms with Crippen LogP contribution < -0.4 is 4.18 Å². The first-order valence-electron chi connectivity index (χ1n) is 11.2. The average Bonchev–Trinajstić information content (AvgIpc) is 2.79. The van der Waals surface area contributed by atoms with Crippen LogP contribution in [-0.2, 0) is 20.2 Å². The van der Waals surface area contributed by atoms with Crippen LogP contribution in [0.3, 0.4) is 0 Å². The third-order valence-electron chi connectivity index (χ3n) is 7.04. The SMILES string of the molecule is Cc1cc(S(=O)(=O)O)c(C(C)C)cc1OS(=O)(=O)C1CC2c3ccccc3C1c1ccccc12. The summed E-state index contributed by atoms with van der Waals surface area (Å²) in [5, 5.41) is -0.773.